The highest BCUT2D eigenvalue weighted by Gasteiger charge is 2.24. The average Bonchev–Trinajstić information content (AvgIpc) is 3.36. The van der Waals surface area contributed by atoms with Gasteiger partial charge < -0.3 is 11.1 Å². The molecule has 1 aliphatic carbocycles. The number of sulfonamides is 1. The van der Waals surface area contributed by atoms with Crippen LogP contribution < -0.4 is 15.8 Å². The first-order valence-corrected chi connectivity index (χ1v) is 9.90. The molecule has 0 heterocycles. The van der Waals surface area contributed by atoms with E-state index in [0.717, 1.165) is 19.3 Å². The van der Waals surface area contributed by atoms with E-state index in [1.807, 2.05) is 0 Å². The van der Waals surface area contributed by atoms with E-state index in [0.29, 0.717) is 30.5 Å². The monoisotopic (exact) mass is 353 g/mol. The zero-order valence-corrected chi connectivity index (χ0v) is 15.1. The van der Waals surface area contributed by atoms with E-state index in [-0.39, 0.29) is 16.8 Å². The molecule has 2 rings (SSSR count). The van der Waals surface area contributed by atoms with Crippen LogP contribution in [0.25, 0.3) is 0 Å². The minimum Gasteiger partial charge on any atom is -0.348 e. The Morgan fingerprint density at radius 2 is 2.04 bits per heavy atom. The maximum atomic E-state index is 12.4. The molecule has 24 heavy (non-hydrogen) atoms. The lowest BCUT2D eigenvalue weighted by atomic mass is 10.0. The lowest BCUT2D eigenvalue weighted by Crippen LogP contribution is -2.41. The van der Waals surface area contributed by atoms with E-state index in [4.69, 9.17) is 5.73 Å². The predicted molar refractivity (Wildman–Crippen MR) is 94.1 cm³/mol. The first-order chi connectivity index (χ1) is 11.3. The highest BCUT2D eigenvalue weighted by molar-refractivity contribution is 7.89. The number of carbonyl (C=O) groups excluding carboxylic acids is 1. The molecule has 1 aromatic carbocycles. The Hall–Kier alpha value is -1.44. The lowest BCUT2D eigenvalue weighted by molar-refractivity contribution is 0.0933. The van der Waals surface area contributed by atoms with Crippen molar-refractivity contribution in [3.8, 4) is 0 Å². The quantitative estimate of drug-likeness (QED) is 0.626. The van der Waals surface area contributed by atoms with Crippen LogP contribution in [0.5, 0.6) is 0 Å². The predicted octanol–water partition coefficient (Wildman–Crippen LogP) is 1.48. The molecule has 0 bridgehead atoms. The van der Waals surface area contributed by atoms with Crippen molar-refractivity contribution >= 4 is 15.9 Å². The zero-order chi connectivity index (χ0) is 17.7. The molecule has 1 unspecified atom stereocenters. The van der Waals surface area contributed by atoms with Crippen molar-refractivity contribution < 1.29 is 13.2 Å². The third kappa shape index (κ3) is 5.58. The molecule has 1 fully saturated rings. The summed E-state index contributed by atoms with van der Waals surface area (Å²) in [7, 11) is -3.58. The summed E-state index contributed by atoms with van der Waals surface area (Å²) < 4.78 is 27.2. The van der Waals surface area contributed by atoms with Crippen molar-refractivity contribution in [2.24, 2.45) is 17.6 Å². The summed E-state index contributed by atoms with van der Waals surface area (Å²) in [6, 6.07) is 5.98. The summed E-state index contributed by atoms with van der Waals surface area (Å²) in [5.74, 6) is 0.565. The van der Waals surface area contributed by atoms with E-state index in [9.17, 15) is 13.2 Å². The first kappa shape index (κ1) is 18.9. The number of amides is 1. The minimum atomic E-state index is -3.58. The summed E-state index contributed by atoms with van der Waals surface area (Å²) in [6.07, 6.45) is 2.92. The van der Waals surface area contributed by atoms with Gasteiger partial charge in [-0.1, -0.05) is 19.9 Å². The summed E-state index contributed by atoms with van der Waals surface area (Å²) in [5, 5.41) is 2.87. The molecule has 0 saturated heterocycles. The maximum absolute atomic E-state index is 12.4. The van der Waals surface area contributed by atoms with Crippen LogP contribution in [0.4, 0.5) is 0 Å². The van der Waals surface area contributed by atoms with Gasteiger partial charge in [-0.05, 0) is 49.3 Å². The van der Waals surface area contributed by atoms with Gasteiger partial charge in [-0.25, -0.2) is 13.1 Å². The maximum Gasteiger partial charge on any atom is 0.251 e. The van der Waals surface area contributed by atoms with Crippen LogP contribution in [0.3, 0.4) is 0 Å². The normalized spacial score (nSPS) is 16.2. The Morgan fingerprint density at radius 1 is 1.33 bits per heavy atom. The minimum absolute atomic E-state index is 0.115. The van der Waals surface area contributed by atoms with Gasteiger partial charge in [-0.3, -0.25) is 4.79 Å². The van der Waals surface area contributed by atoms with Crippen LogP contribution in [0.15, 0.2) is 29.2 Å². The number of nitrogens with one attached hydrogen (secondary N) is 2. The van der Waals surface area contributed by atoms with E-state index < -0.39 is 10.0 Å². The zero-order valence-electron chi connectivity index (χ0n) is 14.3. The Kier molecular flexibility index (Phi) is 6.37. The van der Waals surface area contributed by atoms with Gasteiger partial charge in [0.05, 0.1) is 4.90 Å². The van der Waals surface area contributed by atoms with Gasteiger partial charge in [0.1, 0.15) is 0 Å². The van der Waals surface area contributed by atoms with E-state index in [2.05, 4.69) is 23.9 Å². The molecule has 0 radical (unpaired) electrons. The highest BCUT2D eigenvalue weighted by Crippen LogP contribution is 2.28. The Balaban J connectivity index is 2.06. The molecule has 4 N–H and O–H groups in total. The van der Waals surface area contributed by atoms with Crippen molar-refractivity contribution in [3.05, 3.63) is 29.8 Å². The first-order valence-electron chi connectivity index (χ1n) is 8.42. The van der Waals surface area contributed by atoms with Gasteiger partial charge in [0.15, 0.2) is 0 Å². The number of rotatable bonds is 9. The average molecular weight is 353 g/mol. The second-order valence-electron chi connectivity index (χ2n) is 6.86. The summed E-state index contributed by atoms with van der Waals surface area (Å²) in [4.78, 5) is 12.5. The molecule has 7 heteroatoms. The highest BCUT2D eigenvalue weighted by atomic mass is 32.2. The van der Waals surface area contributed by atoms with Gasteiger partial charge in [-0.15, -0.1) is 0 Å². The molecular weight excluding hydrogens is 326 g/mol. The molecule has 1 aromatic rings. The Labute approximate surface area is 144 Å². The smallest absolute Gasteiger partial charge is 0.251 e. The summed E-state index contributed by atoms with van der Waals surface area (Å²) >= 11 is 0. The van der Waals surface area contributed by atoms with E-state index >= 15 is 0 Å². The van der Waals surface area contributed by atoms with Crippen LogP contribution in [-0.2, 0) is 10.0 Å². The second-order valence-corrected chi connectivity index (χ2v) is 8.63. The molecule has 134 valence electrons. The van der Waals surface area contributed by atoms with Crippen LogP contribution in [0.2, 0.25) is 0 Å². The molecule has 1 aliphatic rings. The van der Waals surface area contributed by atoms with Crippen LogP contribution in [0, 0.1) is 11.8 Å². The van der Waals surface area contributed by atoms with Gasteiger partial charge >= 0.3 is 0 Å². The topological polar surface area (TPSA) is 101 Å². The van der Waals surface area contributed by atoms with Crippen LogP contribution in [0.1, 0.15) is 43.5 Å². The van der Waals surface area contributed by atoms with Crippen molar-refractivity contribution in [2.45, 2.75) is 44.0 Å². The van der Waals surface area contributed by atoms with Crippen molar-refractivity contribution in [2.75, 3.05) is 13.1 Å². The Morgan fingerprint density at radius 3 is 2.62 bits per heavy atom. The molecule has 1 atom stereocenters. The van der Waals surface area contributed by atoms with E-state index in [1.54, 1.807) is 12.1 Å². The van der Waals surface area contributed by atoms with E-state index in [1.165, 1.54) is 12.1 Å². The van der Waals surface area contributed by atoms with Crippen LogP contribution >= 0.6 is 0 Å². The molecule has 6 nitrogen and oxygen atoms in total. The van der Waals surface area contributed by atoms with Crippen molar-refractivity contribution in [1.29, 1.82) is 0 Å². The van der Waals surface area contributed by atoms with Crippen molar-refractivity contribution in [3.63, 3.8) is 0 Å². The largest absolute Gasteiger partial charge is 0.348 e. The van der Waals surface area contributed by atoms with Crippen molar-refractivity contribution in [1.82, 2.24) is 10.0 Å². The summed E-state index contributed by atoms with van der Waals surface area (Å²) in [6.45, 7) is 4.94. The molecule has 0 aromatic heterocycles. The fourth-order valence-corrected chi connectivity index (χ4v) is 3.65. The SMILES string of the molecule is CC(C)CC(CN)NC(=O)c1cccc(S(=O)(=O)NCC2CC2)c1. The standard InChI is InChI=1S/C17H27N3O3S/c1-12(2)8-15(10-18)20-17(21)14-4-3-5-16(9-14)24(22,23)19-11-13-6-7-13/h3-5,9,12-13,15,19H,6-8,10-11,18H2,1-2H3,(H,20,21). The molecule has 0 spiro atoms. The number of hydrogen-bond donors (Lipinski definition) is 3. The molecule has 0 aliphatic heterocycles. The molecule has 1 saturated carbocycles. The lowest BCUT2D eigenvalue weighted by Gasteiger charge is -2.19. The summed E-state index contributed by atoms with van der Waals surface area (Å²) in [5.41, 5.74) is 6.03. The second kappa shape index (κ2) is 8.09. The van der Waals surface area contributed by atoms with Gasteiger partial charge in [0.2, 0.25) is 10.0 Å². The number of hydrogen-bond acceptors (Lipinski definition) is 4. The fourth-order valence-electron chi connectivity index (χ4n) is 2.49. The van der Waals surface area contributed by atoms with Gasteiger partial charge in [-0.2, -0.15) is 0 Å². The van der Waals surface area contributed by atoms with Gasteiger partial charge in [0.25, 0.3) is 5.91 Å². The Bertz CT molecular complexity index is 669. The third-order valence-electron chi connectivity index (χ3n) is 4.04. The third-order valence-corrected chi connectivity index (χ3v) is 5.46. The molecule has 1 amide bonds. The number of nitrogens with two attached hydrogens (primary N) is 1. The number of carbonyl (C=O) groups is 1. The fraction of sp³-hybridized carbons (Fsp3) is 0.588. The number of benzene rings is 1. The van der Waals surface area contributed by atoms with Crippen LogP contribution in [-0.4, -0.2) is 33.5 Å². The van der Waals surface area contributed by atoms with Gasteiger partial charge in [0, 0.05) is 24.7 Å². The molecular formula is C17H27N3O3S.